The summed E-state index contributed by atoms with van der Waals surface area (Å²) < 4.78 is 0. The van der Waals surface area contributed by atoms with Crippen LogP contribution in [0.1, 0.15) is 69.0 Å². The Morgan fingerprint density at radius 1 is 1.14 bits per heavy atom. The first-order valence-corrected chi connectivity index (χ1v) is 9.07. The molecule has 2 N–H and O–H groups in total. The van der Waals surface area contributed by atoms with Gasteiger partial charge in [0.15, 0.2) is 0 Å². The second kappa shape index (κ2) is 7.47. The predicted molar refractivity (Wildman–Crippen MR) is 91.0 cm³/mol. The average Bonchev–Trinajstić information content (AvgIpc) is 2.56. The number of phenols is 1. The molecule has 0 radical (unpaired) electrons. The number of hydrogen-bond donors (Lipinski definition) is 2. The minimum Gasteiger partial charge on any atom is -0.508 e. The van der Waals surface area contributed by atoms with Crippen LogP contribution in [0.15, 0.2) is 18.2 Å². The number of nitrogens with zero attached hydrogens (tertiary/aromatic N) is 1. The fraction of sp³-hybridized carbons (Fsp3) is 0.684. The van der Waals surface area contributed by atoms with E-state index in [-0.39, 0.29) is 0 Å². The van der Waals surface area contributed by atoms with Crippen LogP contribution in [-0.4, -0.2) is 29.3 Å². The molecule has 2 aliphatic carbocycles. The Labute approximate surface area is 134 Å². The molecule has 3 nitrogen and oxygen atoms in total. The highest BCUT2D eigenvalue weighted by Crippen LogP contribution is 2.35. The van der Waals surface area contributed by atoms with Crippen LogP contribution >= 0.6 is 0 Å². The van der Waals surface area contributed by atoms with E-state index in [4.69, 9.17) is 0 Å². The molecular weight excluding hydrogens is 272 g/mol. The highest BCUT2D eigenvalue weighted by Gasteiger charge is 2.25. The van der Waals surface area contributed by atoms with E-state index in [1.165, 1.54) is 56.1 Å². The fourth-order valence-corrected chi connectivity index (χ4v) is 4.15. The molecule has 1 aromatic carbocycles. The van der Waals surface area contributed by atoms with Crippen LogP contribution in [0.4, 0.5) is 0 Å². The van der Waals surface area contributed by atoms with E-state index in [1.807, 2.05) is 12.1 Å². The van der Waals surface area contributed by atoms with Crippen molar-refractivity contribution in [1.82, 2.24) is 10.2 Å². The van der Waals surface area contributed by atoms with Gasteiger partial charge >= 0.3 is 0 Å². The smallest absolute Gasteiger partial charge is 0.115 e. The lowest BCUT2D eigenvalue weighted by Crippen LogP contribution is -2.43. The van der Waals surface area contributed by atoms with Crippen LogP contribution in [0.2, 0.25) is 0 Å². The topological polar surface area (TPSA) is 35.5 Å². The maximum Gasteiger partial charge on any atom is 0.115 e. The minimum absolute atomic E-state index is 0.405. The summed E-state index contributed by atoms with van der Waals surface area (Å²) in [5.74, 6) is 0.405. The van der Waals surface area contributed by atoms with Gasteiger partial charge < -0.3 is 10.4 Å². The van der Waals surface area contributed by atoms with E-state index in [9.17, 15) is 5.11 Å². The van der Waals surface area contributed by atoms with Crippen molar-refractivity contribution < 1.29 is 5.11 Å². The number of benzene rings is 1. The third-order valence-corrected chi connectivity index (χ3v) is 5.44. The summed E-state index contributed by atoms with van der Waals surface area (Å²) >= 11 is 0. The molecule has 0 aromatic heterocycles. The molecule has 0 aliphatic heterocycles. The molecule has 3 rings (SSSR count). The van der Waals surface area contributed by atoms with E-state index in [2.05, 4.69) is 23.2 Å². The average molecular weight is 302 g/mol. The van der Waals surface area contributed by atoms with Crippen molar-refractivity contribution in [2.75, 3.05) is 13.2 Å². The number of hydrogen-bond acceptors (Lipinski definition) is 3. The number of phenolic OH excluding ortho intramolecular Hbond substituents is 1. The summed E-state index contributed by atoms with van der Waals surface area (Å²) in [6.07, 6.45) is 10.4. The molecular formula is C19H30N2O. The largest absolute Gasteiger partial charge is 0.508 e. The molecule has 0 spiro atoms. The van der Waals surface area contributed by atoms with Crippen molar-refractivity contribution in [3.63, 3.8) is 0 Å². The molecule has 1 aromatic rings. The first-order valence-electron chi connectivity index (χ1n) is 9.07. The van der Waals surface area contributed by atoms with Gasteiger partial charge in [-0.3, -0.25) is 4.90 Å². The van der Waals surface area contributed by atoms with Gasteiger partial charge in [-0.1, -0.05) is 32.3 Å². The molecule has 1 fully saturated rings. The van der Waals surface area contributed by atoms with Crippen molar-refractivity contribution >= 4 is 0 Å². The second-order valence-corrected chi connectivity index (χ2v) is 6.89. The molecule has 0 amide bonds. The SMILES string of the molecule is CCN(CNC1CCCCC1)C1CCCc2cc(O)ccc21. The van der Waals surface area contributed by atoms with Crippen LogP contribution < -0.4 is 5.32 Å². The zero-order valence-electron chi connectivity index (χ0n) is 13.9. The first-order chi connectivity index (χ1) is 10.8. The second-order valence-electron chi connectivity index (χ2n) is 6.89. The van der Waals surface area contributed by atoms with Crippen LogP contribution in [0.25, 0.3) is 0 Å². The van der Waals surface area contributed by atoms with Gasteiger partial charge in [-0.15, -0.1) is 0 Å². The number of rotatable bonds is 5. The number of aryl methyl sites for hydroxylation is 1. The summed E-state index contributed by atoms with van der Waals surface area (Å²) in [5.41, 5.74) is 2.77. The predicted octanol–water partition coefficient (Wildman–Crippen LogP) is 3.97. The van der Waals surface area contributed by atoms with Crippen molar-refractivity contribution in [2.45, 2.75) is 70.4 Å². The fourth-order valence-electron chi connectivity index (χ4n) is 4.15. The maximum absolute atomic E-state index is 9.72. The Morgan fingerprint density at radius 3 is 2.73 bits per heavy atom. The van der Waals surface area contributed by atoms with Crippen LogP contribution in [-0.2, 0) is 6.42 Å². The number of aromatic hydroxyl groups is 1. The molecule has 22 heavy (non-hydrogen) atoms. The van der Waals surface area contributed by atoms with Crippen LogP contribution in [0.5, 0.6) is 5.75 Å². The van der Waals surface area contributed by atoms with Crippen LogP contribution in [0.3, 0.4) is 0 Å². The van der Waals surface area contributed by atoms with E-state index < -0.39 is 0 Å². The monoisotopic (exact) mass is 302 g/mol. The van der Waals surface area contributed by atoms with Crippen LogP contribution in [0, 0.1) is 0 Å². The highest BCUT2D eigenvalue weighted by atomic mass is 16.3. The molecule has 0 bridgehead atoms. The molecule has 1 saturated carbocycles. The summed E-state index contributed by atoms with van der Waals surface area (Å²) in [4.78, 5) is 2.57. The summed E-state index contributed by atoms with van der Waals surface area (Å²) in [6, 6.07) is 7.16. The van der Waals surface area contributed by atoms with Gasteiger partial charge in [0, 0.05) is 18.8 Å². The zero-order valence-corrected chi connectivity index (χ0v) is 13.9. The van der Waals surface area contributed by atoms with Gasteiger partial charge in [-0.2, -0.15) is 0 Å². The molecule has 2 aliphatic rings. The number of nitrogens with one attached hydrogen (secondary N) is 1. The highest BCUT2D eigenvalue weighted by molar-refractivity contribution is 5.38. The Kier molecular flexibility index (Phi) is 5.37. The molecule has 0 heterocycles. The Morgan fingerprint density at radius 2 is 1.95 bits per heavy atom. The quantitative estimate of drug-likeness (QED) is 0.808. The Hall–Kier alpha value is -1.06. The zero-order chi connectivity index (χ0) is 15.4. The van der Waals surface area contributed by atoms with Crippen molar-refractivity contribution in [3.8, 4) is 5.75 Å². The normalized spacial score (nSPS) is 22.7. The maximum atomic E-state index is 9.72. The van der Waals surface area contributed by atoms with Gasteiger partial charge in [0.25, 0.3) is 0 Å². The van der Waals surface area contributed by atoms with Crippen molar-refractivity contribution in [1.29, 1.82) is 0 Å². The van der Waals surface area contributed by atoms with Gasteiger partial charge in [-0.05, 0) is 61.9 Å². The van der Waals surface area contributed by atoms with E-state index >= 15 is 0 Å². The standard InChI is InChI=1S/C19H30N2O/c1-2-21(14-20-16-8-4-3-5-9-16)19-10-6-7-15-13-17(22)11-12-18(15)19/h11-13,16,19-20,22H,2-10,14H2,1H3. The van der Waals surface area contributed by atoms with E-state index in [1.54, 1.807) is 0 Å². The van der Waals surface area contributed by atoms with E-state index in [0.29, 0.717) is 17.8 Å². The summed E-state index contributed by atoms with van der Waals surface area (Å²) in [5, 5.41) is 13.5. The molecule has 122 valence electrons. The lowest BCUT2D eigenvalue weighted by atomic mass is 9.86. The molecule has 3 heteroatoms. The molecule has 1 atom stereocenters. The summed E-state index contributed by atoms with van der Waals surface area (Å²) in [7, 11) is 0. The molecule has 1 unspecified atom stereocenters. The van der Waals surface area contributed by atoms with E-state index in [0.717, 1.165) is 19.6 Å². The minimum atomic E-state index is 0.405. The first kappa shape index (κ1) is 15.8. The van der Waals surface area contributed by atoms with Gasteiger partial charge in [0.1, 0.15) is 5.75 Å². The lowest BCUT2D eigenvalue weighted by Gasteiger charge is -2.37. The number of fused-ring (bicyclic) bond motifs is 1. The summed E-state index contributed by atoms with van der Waals surface area (Å²) in [6.45, 7) is 4.33. The van der Waals surface area contributed by atoms with Crippen molar-refractivity contribution in [2.24, 2.45) is 0 Å². The van der Waals surface area contributed by atoms with Gasteiger partial charge in [-0.25, -0.2) is 0 Å². The third kappa shape index (κ3) is 3.64. The third-order valence-electron chi connectivity index (χ3n) is 5.44. The lowest BCUT2D eigenvalue weighted by molar-refractivity contribution is 0.159. The van der Waals surface area contributed by atoms with Crippen molar-refractivity contribution in [3.05, 3.63) is 29.3 Å². The Bertz CT molecular complexity index is 482. The molecule has 0 saturated heterocycles. The van der Waals surface area contributed by atoms with Gasteiger partial charge in [0.05, 0.1) is 0 Å². The Balaban J connectivity index is 1.66. The van der Waals surface area contributed by atoms with Gasteiger partial charge in [0.2, 0.25) is 0 Å².